The Labute approximate surface area is 182 Å². The summed E-state index contributed by atoms with van der Waals surface area (Å²) in [7, 11) is 0. The van der Waals surface area contributed by atoms with Crippen LogP contribution < -0.4 is 0 Å². The van der Waals surface area contributed by atoms with E-state index in [-0.39, 0.29) is 35.7 Å². The molecule has 1 unspecified atom stereocenters. The number of Topliss-reactive ketones (excluding diaryl/α,β-unsaturated/α-hetero) is 1. The summed E-state index contributed by atoms with van der Waals surface area (Å²) in [6, 6.07) is 0. The van der Waals surface area contributed by atoms with Crippen molar-refractivity contribution in [3.05, 3.63) is 11.6 Å². The molecule has 7 atom stereocenters. The summed E-state index contributed by atoms with van der Waals surface area (Å²) in [6.45, 7) is 5.15. The zero-order valence-corrected chi connectivity index (χ0v) is 18.6. The summed E-state index contributed by atoms with van der Waals surface area (Å²) < 4.78 is 5.71. The molecule has 166 valence electrons. The molecule has 0 spiro atoms. The summed E-state index contributed by atoms with van der Waals surface area (Å²) in [4.78, 5) is 37.0. The van der Waals surface area contributed by atoms with E-state index < -0.39 is 34.1 Å². The summed E-state index contributed by atoms with van der Waals surface area (Å²) in [5, 5.41) is 23.5. The summed E-state index contributed by atoms with van der Waals surface area (Å²) in [5.74, 6) is -1.45. The molecule has 2 N–H and O–H groups in total. The number of hydrogen-bond acceptors (Lipinski definition) is 6. The van der Waals surface area contributed by atoms with Gasteiger partial charge >= 0.3 is 5.97 Å². The lowest BCUT2D eigenvalue weighted by Gasteiger charge is -2.65. The fourth-order valence-corrected chi connectivity index (χ4v) is 7.86. The van der Waals surface area contributed by atoms with E-state index in [0.717, 1.165) is 5.57 Å². The van der Waals surface area contributed by atoms with Gasteiger partial charge in [0.2, 0.25) is 0 Å². The molecule has 3 fully saturated rings. The van der Waals surface area contributed by atoms with Crippen LogP contribution in [0.15, 0.2) is 11.6 Å². The first-order chi connectivity index (χ1) is 14.0. The Kier molecular flexibility index (Phi) is 5.04. The Morgan fingerprint density at radius 3 is 2.53 bits per heavy atom. The second-order valence-corrected chi connectivity index (χ2v) is 10.5. The normalized spacial score (nSPS) is 47.6. The zero-order valence-electron chi connectivity index (χ0n) is 17.9. The number of fused-ring (bicyclic) bond motifs is 5. The summed E-state index contributed by atoms with van der Waals surface area (Å²) in [5.41, 5.74) is -3.36. The second-order valence-electron chi connectivity index (χ2n) is 10.2. The number of halogens is 1. The highest BCUT2D eigenvalue weighted by molar-refractivity contribution is 6.29. The maximum atomic E-state index is 13.0. The van der Waals surface area contributed by atoms with Crippen LogP contribution in [0.4, 0.5) is 0 Å². The van der Waals surface area contributed by atoms with Crippen molar-refractivity contribution >= 4 is 29.1 Å². The number of carbonyl (C=O) groups is 3. The first kappa shape index (κ1) is 22.0. The quantitative estimate of drug-likeness (QED) is 0.519. The molecule has 0 aromatic heterocycles. The van der Waals surface area contributed by atoms with Crippen LogP contribution in [0, 0.1) is 22.7 Å². The van der Waals surface area contributed by atoms with E-state index in [2.05, 4.69) is 0 Å². The van der Waals surface area contributed by atoms with E-state index in [1.54, 1.807) is 6.08 Å². The van der Waals surface area contributed by atoms with E-state index in [0.29, 0.717) is 38.5 Å². The van der Waals surface area contributed by atoms with E-state index in [4.69, 9.17) is 16.3 Å². The third kappa shape index (κ3) is 2.53. The predicted molar refractivity (Wildman–Crippen MR) is 110 cm³/mol. The predicted octanol–water partition coefficient (Wildman–Crippen LogP) is 2.71. The lowest BCUT2D eigenvalue weighted by atomic mass is 9.43. The van der Waals surface area contributed by atoms with E-state index in [9.17, 15) is 24.6 Å². The van der Waals surface area contributed by atoms with Crippen LogP contribution in [-0.2, 0) is 19.1 Å². The number of alkyl halides is 1. The molecule has 0 aliphatic heterocycles. The van der Waals surface area contributed by atoms with Crippen molar-refractivity contribution in [2.75, 3.05) is 5.88 Å². The maximum absolute atomic E-state index is 13.0. The molecule has 4 aliphatic rings. The molecule has 0 amide bonds. The smallest absolute Gasteiger partial charge is 0.303 e. The Balaban J connectivity index is 1.81. The minimum atomic E-state index is -1.39. The SMILES string of the molecule is CC(=O)O[C@]1(C(=O)CCl)CC[C@H]2[C@@H]3CCC4=CC(=O)CC[C@]4(C)[C@@]3(O)C(O)C[C@@]21C. The van der Waals surface area contributed by atoms with Gasteiger partial charge in [-0.05, 0) is 56.4 Å². The van der Waals surface area contributed by atoms with Gasteiger partial charge in [0.15, 0.2) is 17.2 Å². The first-order valence-electron chi connectivity index (χ1n) is 10.9. The van der Waals surface area contributed by atoms with Gasteiger partial charge in [0.05, 0.1) is 12.0 Å². The molecule has 0 radical (unpaired) electrons. The van der Waals surface area contributed by atoms with Gasteiger partial charge in [-0.2, -0.15) is 0 Å². The molecule has 0 bridgehead atoms. The van der Waals surface area contributed by atoms with Gasteiger partial charge in [0.1, 0.15) is 5.60 Å². The number of aliphatic hydroxyl groups is 2. The molecule has 6 nitrogen and oxygen atoms in total. The lowest BCUT2D eigenvalue weighted by Crippen LogP contribution is -2.71. The number of rotatable bonds is 3. The minimum Gasteiger partial charge on any atom is -0.451 e. The molecule has 30 heavy (non-hydrogen) atoms. The van der Waals surface area contributed by atoms with Gasteiger partial charge in [0, 0.05) is 24.2 Å². The average Bonchev–Trinajstić information content (AvgIpc) is 2.95. The molecule has 7 heteroatoms. The van der Waals surface area contributed by atoms with Crippen LogP contribution in [-0.4, -0.2) is 50.9 Å². The Morgan fingerprint density at radius 2 is 1.90 bits per heavy atom. The number of aliphatic hydroxyl groups excluding tert-OH is 1. The molecular formula is C23H31ClO6. The van der Waals surface area contributed by atoms with Crippen molar-refractivity contribution < 1.29 is 29.3 Å². The molecule has 0 saturated heterocycles. The number of carbonyl (C=O) groups excluding carboxylic acids is 3. The van der Waals surface area contributed by atoms with Crippen LogP contribution in [0.1, 0.15) is 65.7 Å². The Hall–Kier alpha value is -1.24. The van der Waals surface area contributed by atoms with Gasteiger partial charge in [-0.3, -0.25) is 14.4 Å². The maximum Gasteiger partial charge on any atom is 0.303 e. The van der Waals surface area contributed by atoms with Gasteiger partial charge in [0.25, 0.3) is 0 Å². The van der Waals surface area contributed by atoms with Gasteiger partial charge in [-0.1, -0.05) is 19.4 Å². The molecule has 0 aromatic rings. The summed E-state index contributed by atoms with van der Waals surface area (Å²) in [6.07, 6.45) is 3.79. The van der Waals surface area contributed by atoms with Crippen LogP contribution in [0.25, 0.3) is 0 Å². The molecule has 0 heterocycles. The summed E-state index contributed by atoms with van der Waals surface area (Å²) >= 11 is 5.93. The molecule has 4 aliphatic carbocycles. The van der Waals surface area contributed by atoms with Crippen molar-refractivity contribution in [1.82, 2.24) is 0 Å². The Morgan fingerprint density at radius 1 is 1.20 bits per heavy atom. The highest BCUT2D eigenvalue weighted by Gasteiger charge is 2.74. The molecule has 3 saturated carbocycles. The lowest BCUT2D eigenvalue weighted by molar-refractivity contribution is -0.260. The van der Waals surface area contributed by atoms with Crippen molar-refractivity contribution in [2.24, 2.45) is 22.7 Å². The van der Waals surface area contributed by atoms with E-state index in [1.165, 1.54) is 6.92 Å². The van der Waals surface area contributed by atoms with Gasteiger partial charge in [-0.25, -0.2) is 0 Å². The third-order valence-electron chi connectivity index (χ3n) is 9.14. The van der Waals surface area contributed by atoms with E-state index >= 15 is 0 Å². The molecule has 4 rings (SSSR count). The Bertz CT molecular complexity index is 838. The number of hydrogen-bond donors (Lipinski definition) is 2. The molecular weight excluding hydrogens is 408 g/mol. The highest BCUT2D eigenvalue weighted by Crippen LogP contribution is 2.69. The fourth-order valence-electron chi connectivity index (χ4n) is 7.64. The molecule has 0 aromatic carbocycles. The number of ether oxygens (including phenoxy) is 1. The number of ketones is 2. The van der Waals surface area contributed by atoms with Crippen molar-refractivity contribution in [1.29, 1.82) is 0 Å². The van der Waals surface area contributed by atoms with Crippen LogP contribution in [0.3, 0.4) is 0 Å². The van der Waals surface area contributed by atoms with Crippen LogP contribution in [0.2, 0.25) is 0 Å². The zero-order chi connectivity index (χ0) is 22.1. The topological polar surface area (TPSA) is 101 Å². The highest BCUT2D eigenvalue weighted by atomic mass is 35.5. The fraction of sp³-hybridized carbons (Fsp3) is 0.783. The first-order valence-corrected chi connectivity index (χ1v) is 11.4. The minimum absolute atomic E-state index is 0.0714. The third-order valence-corrected chi connectivity index (χ3v) is 9.38. The average molecular weight is 439 g/mol. The monoisotopic (exact) mass is 438 g/mol. The number of esters is 1. The van der Waals surface area contributed by atoms with Crippen molar-refractivity contribution in [3.63, 3.8) is 0 Å². The largest absolute Gasteiger partial charge is 0.451 e. The van der Waals surface area contributed by atoms with Gasteiger partial charge in [-0.15, -0.1) is 11.6 Å². The van der Waals surface area contributed by atoms with Crippen molar-refractivity contribution in [3.8, 4) is 0 Å². The van der Waals surface area contributed by atoms with Crippen LogP contribution >= 0.6 is 11.6 Å². The van der Waals surface area contributed by atoms with Crippen molar-refractivity contribution in [2.45, 2.75) is 83.0 Å². The standard InChI is InChI=1S/C23H31ClO6/c1-13(25)30-22(19(28)12-24)9-7-16-17-5-4-14-10-15(26)6-8-20(14,2)23(17,29)18(27)11-21(16,22)3/h10,16-18,27,29H,4-9,11-12H2,1-3H3/t16-,17-,18?,20-,21-,22-,23-/m0/s1. The second kappa shape index (κ2) is 6.88. The van der Waals surface area contributed by atoms with E-state index in [1.807, 2.05) is 13.8 Å². The van der Waals surface area contributed by atoms with Gasteiger partial charge < -0.3 is 14.9 Å². The van der Waals surface area contributed by atoms with Crippen LogP contribution in [0.5, 0.6) is 0 Å².